The Morgan fingerprint density at radius 3 is 3.06 bits per heavy atom. The first-order valence-corrected chi connectivity index (χ1v) is 6.47. The molecule has 8 heteroatoms. The standard InChI is InChI=1S/C9H14N6OS/c1-6(7(5-16)17-2)11-8-3-10-4-9-12-13-14-15(8)9/h3-4,6-7,11,16H,5H2,1-2H3. The summed E-state index contributed by atoms with van der Waals surface area (Å²) in [4.78, 5) is 4.05. The van der Waals surface area contributed by atoms with Crippen molar-refractivity contribution in [2.45, 2.75) is 18.2 Å². The monoisotopic (exact) mass is 254 g/mol. The normalized spacial score (nSPS) is 14.8. The van der Waals surface area contributed by atoms with Crippen LogP contribution in [0.15, 0.2) is 12.4 Å². The zero-order valence-electron chi connectivity index (χ0n) is 9.61. The molecule has 2 unspecified atom stereocenters. The molecule has 0 amide bonds. The van der Waals surface area contributed by atoms with Gasteiger partial charge in [0.1, 0.15) is 0 Å². The number of aliphatic hydroxyl groups excluding tert-OH is 1. The van der Waals surface area contributed by atoms with Gasteiger partial charge in [0, 0.05) is 11.3 Å². The number of fused-ring (bicyclic) bond motifs is 1. The summed E-state index contributed by atoms with van der Waals surface area (Å²) in [6.45, 7) is 2.12. The van der Waals surface area contributed by atoms with Crippen LogP contribution in [-0.4, -0.2) is 54.3 Å². The molecule has 2 rings (SSSR count). The van der Waals surface area contributed by atoms with Crippen LogP contribution >= 0.6 is 11.8 Å². The lowest BCUT2D eigenvalue weighted by Gasteiger charge is -2.21. The van der Waals surface area contributed by atoms with Crippen molar-refractivity contribution in [3.63, 3.8) is 0 Å². The highest BCUT2D eigenvalue weighted by molar-refractivity contribution is 7.99. The van der Waals surface area contributed by atoms with Gasteiger partial charge in [-0.25, -0.2) is 0 Å². The molecule has 2 atom stereocenters. The van der Waals surface area contributed by atoms with E-state index in [4.69, 9.17) is 0 Å². The van der Waals surface area contributed by atoms with Crippen molar-refractivity contribution in [2.24, 2.45) is 0 Å². The number of rotatable bonds is 5. The molecule has 0 spiro atoms. The minimum Gasteiger partial charge on any atom is -0.395 e. The molecule has 0 aliphatic rings. The Labute approximate surface area is 103 Å². The number of thioether (sulfide) groups is 1. The summed E-state index contributed by atoms with van der Waals surface area (Å²) in [5.41, 5.74) is 0.590. The molecule has 2 aromatic rings. The molecular formula is C9H14N6OS. The summed E-state index contributed by atoms with van der Waals surface area (Å²) < 4.78 is 1.58. The fourth-order valence-electron chi connectivity index (χ4n) is 1.54. The smallest absolute Gasteiger partial charge is 0.199 e. The van der Waals surface area contributed by atoms with Crippen molar-refractivity contribution in [3.05, 3.63) is 12.4 Å². The third kappa shape index (κ3) is 2.47. The topological polar surface area (TPSA) is 88.2 Å². The highest BCUT2D eigenvalue weighted by atomic mass is 32.2. The highest BCUT2D eigenvalue weighted by Crippen LogP contribution is 2.15. The first-order chi connectivity index (χ1) is 8.26. The van der Waals surface area contributed by atoms with Crippen molar-refractivity contribution in [1.29, 1.82) is 0 Å². The molecule has 0 aliphatic heterocycles. The Morgan fingerprint density at radius 2 is 2.35 bits per heavy atom. The van der Waals surface area contributed by atoms with Gasteiger partial charge in [0.2, 0.25) is 0 Å². The maximum Gasteiger partial charge on any atom is 0.199 e. The number of aromatic nitrogens is 5. The third-order valence-corrected chi connectivity index (χ3v) is 3.69. The molecule has 0 aliphatic carbocycles. The first-order valence-electron chi connectivity index (χ1n) is 5.18. The number of aliphatic hydroxyl groups is 1. The predicted molar refractivity (Wildman–Crippen MR) is 66.1 cm³/mol. The number of nitrogens with one attached hydrogen (secondary N) is 1. The van der Waals surface area contributed by atoms with Crippen LogP contribution in [0.25, 0.3) is 5.65 Å². The second kappa shape index (κ2) is 5.28. The number of anilines is 1. The van der Waals surface area contributed by atoms with E-state index >= 15 is 0 Å². The van der Waals surface area contributed by atoms with Crippen molar-refractivity contribution >= 4 is 23.2 Å². The minimum absolute atomic E-state index is 0.0894. The summed E-state index contributed by atoms with van der Waals surface area (Å²) in [5, 5.41) is 23.9. The van der Waals surface area contributed by atoms with Gasteiger partial charge < -0.3 is 10.4 Å². The first kappa shape index (κ1) is 12.1. The highest BCUT2D eigenvalue weighted by Gasteiger charge is 2.16. The molecule has 0 aromatic carbocycles. The number of hydrogen-bond acceptors (Lipinski definition) is 7. The summed E-state index contributed by atoms with van der Waals surface area (Å²) in [6.07, 6.45) is 5.22. The van der Waals surface area contributed by atoms with E-state index < -0.39 is 0 Å². The van der Waals surface area contributed by atoms with Gasteiger partial charge in [-0.2, -0.15) is 16.3 Å². The zero-order chi connectivity index (χ0) is 12.3. The van der Waals surface area contributed by atoms with Crippen molar-refractivity contribution < 1.29 is 5.11 Å². The van der Waals surface area contributed by atoms with Crippen LogP contribution in [0.2, 0.25) is 0 Å². The predicted octanol–water partition coefficient (Wildman–Crippen LogP) is 0.0436. The van der Waals surface area contributed by atoms with Crippen LogP contribution in [-0.2, 0) is 0 Å². The van der Waals surface area contributed by atoms with E-state index in [1.807, 2.05) is 13.2 Å². The molecule has 0 radical (unpaired) electrons. The maximum absolute atomic E-state index is 9.22. The van der Waals surface area contributed by atoms with E-state index in [2.05, 4.69) is 25.8 Å². The van der Waals surface area contributed by atoms with Gasteiger partial charge in [-0.1, -0.05) is 0 Å². The molecule has 2 heterocycles. The molecule has 0 saturated heterocycles. The van der Waals surface area contributed by atoms with Crippen molar-refractivity contribution in [3.8, 4) is 0 Å². The number of nitrogens with zero attached hydrogens (tertiary/aromatic N) is 5. The summed E-state index contributed by atoms with van der Waals surface area (Å²) in [6, 6.07) is 0.0894. The minimum atomic E-state index is 0.0894. The van der Waals surface area contributed by atoms with Crippen molar-refractivity contribution in [2.75, 3.05) is 18.2 Å². The fourth-order valence-corrected chi connectivity index (χ4v) is 2.16. The van der Waals surface area contributed by atoms with Crippen LogP contribution in [0, 0.1) is 0 Å². The molecule has 0 saturated carbocycles. The molecule has 17 heavy (non-hydrogen) atoms. The Kier molecular flexibility index (Phi) is 3.75. The number of tetrazole rings is 1. The van der Waals surface area contributed by atoms with Gasteiger partial charge in [0.05, 0.1) is 19.0 Å². The van der Waals surface area contributed by atoms with E-state index in [9.17, 15) is 5.11 Å². The largest absolute Gasteiger partial charge is 0.395 e. The Hall–Kier alpha value is -1.41. The molecule has 2 N–H and O–H groups in total. The Morgan fingerprint density at radius 1 is 1.53 bits per heavy atom. The van der Waals surface area contributed by atoms with E-state index in [0.29, 0.717) is 11.5 Å². The molecule has 7 nitrogen and oxygen atoms in total. The molecule has 0 bridgehead atoms. The van der Waals surface area contributed by atoms with Gasteiger partial charge in [0.25, 0.3) is 0 Å². The van der Waals surface area contributed by atoms with Crippen LogP contribution in [0.4, 0.5) is 5.82 Å². The van der Waals surface area contributed by atoms with E-state index in [-0.39, 0.29) is 17.9 Å². The average Bonchev–Trinajstić information content (AvgIpc) is 2.80. The van der Waals surface area contributed by atoms with Gasteiger partial charge in [-0.3, -0.25) is 4.98 Å². The van der Waals surface area contributed by atoms with E-state index in [0.717, 1.165) is 0 Å². The Bertz CT molecular complexity index is 485. The van der Waals surface area contributed by atoms with E-state index in [1.54, 1.807) is 28.7 Å². The van der Waals surface area contributed by atoms with Crippen LogP contribution in [0.5, 0.6) is 0 Å². The lowest BCUT2D eigenvalue weighted by molar-refractivity contribution is 0.288. The maximum atomic E-state index is 9.22. The van der Waals surface area contributed by atoms with Gasteiger partial charge in [-0.05, 0) is 23.6 Å². The van der Waals surface area contributed by atoms with Gasteiger partial charge in [0.15, 0.2) is 11.5 Å². The lowest BCUT2D eigenvalue weighted by Crippen LogP contribution is -2.31. The van der Waals surface area contributed by atoms with Crippen LogP contribution in [0.1, 0.15) is 6.92 Å². The fraction of sp³-hybridized carbons (Fsp3) is 0.556. The van der Waals surface area contributed by atoms with Gasteiger partial charge >= 0.3 is 0 Å². The molecular weight excluding hydrogens is 240 g/mol. The van der Waals surface area contributed by atoms with Crippen LogP contribution in [0.3, 0.4) is 0 Å². The molecule has 0 fully saturated rings. The SMILES string of the molecule is CSC(CO)C(C)Nc1cncc2nnnn12. The average molecular weight is 254 g/mol. The lowest BCUT2D eigenvalue weighted by atomic mass is 10.2. The van der Waals surface area contributed by atoms with Crippen molar-refractivity contribution in [1.82, 2.24) is 25.0 Å². The Balaban J connectivity index is 2.20. The molecule has 92 valence electrons. The number of hydrogen-bond donors (Lipinski definition) is 2. The summed E-state index contributed by atoms with van der Waals surface area (Å²) >= 11 is 1.61. The quantitative estimate of drug-likeness (QED) is 0.779. The zero-order valence-corrected chi connectivity index (χ0v) is 10.4. The summed E-state index contributed by atoms with van der Waals surface area (Å²) in [5.74, 6) is 0.715. The van der Waals surface area contributed by atoms with E-state index in [1.165, 1.54) is 0 Å². The van der Waals surface area contributed by atoms with Crippen LogP contribution < -0.4 is 5.32 Å². The summed E-state index contributed by atoms with van der Waals surface area (Å²) in [7, 11) is 0. The second-order valence-corrected chi connectivity index (χ2v) is 4.71. The second-order valence-electron chi connectivity index (χ2n) is 3.63. The third-order valence-electron chi connectivity index (χ3n) is 2.52. The van der Waals surface area contributed by atoms with Gasteiger partial charge in [-0.15, -0.1) is 5.10 Å². The molecule has 2 aromatic heterocycles.